The number of imidazole rings is 1. The summed E-state index contributed by atoms with van der Waals surface area (Å²) in [5, 5.41) is 16.5. The minimum Gasteiger partial charge on any atom is -0.394 e. The minimum absolute atomic E-state index is 0.200. The molecule has 1 fully saturated rings. The predicted molar refractivity (Wildman–Crippen MR) is 125 cm³/mol. The normalized spacial score (nSPS) is 19.2. The summed E-state index contributed by atoms with van der Waals surface area (Å²) in [4.78, 5) is 26.1. The second-order valence-electron chi connectivity index (χ2n) is 8.18. The van der Waals surface area contributed by atoms with Crippen molar-refractivity contribution in [3.63, 3.8) is 0 Å². The van der Waals surface area contributed by atoms with Gasteiger partial charge in [0.2, 0.25) is 5.95 Å². The lowest BCUT2D eigenvalue weighted by atomic mass is 10.0. The molecule has 0 saturated carbocycles. The van der Waals surface area contributed by atoms with E-state index in [4.69, 9.17) is 16.3 Å². The van der Waals surface area contributed by atoms with Gasteiger partial charge in [-0.25, -0.2) is 9.97 Å². The molecular weight excluding hydrogens is 444 g/mol. The number of aromatic nitrogens is 4. The highest BCUT2D eigenvalue weighted by atomic mass is 35.5. The van der Waals surface area contributed by atoms with E-state index in [2.05, 4.69) is 32.5 Å². The van der Waals surface area contributed by atoms with Crippen LogP contribution in [0.1, 0.15) is 47.4 Å². The molecule has 1 aliphatic heterocycles. The number of aliphatic hydroxyl groups excluding tert-OH is 1. The van der Waals surface area contributed by atoms with Crippen LogP contribution in [0.3, 0.4) is 0 Å². The number of hydrogen-bond acceptors (Lipinski definition) is 7. The number of ether oxygens (including phenoxy) is 1. The molecule has 10 heteroatoms. The smallest absolute Gasteiger partial charge is 0.272 e. The molecule has 1 aliphatic rings. The van der Waals surface area contributed by atoms with Gasteiger partial charge < -0.3 is 20.5 Å². The lowest BCUT2D eigenvalue weighted by Gasteiger charge is -2.28. The fourth-order valence-corrected chi connectivity index (χ4v) is 4.02. The quantitative estimate of drug-likeness (QED) is 0.486. The molecule has 1 aromatic carbocycles. The number of anilines is 1. The molecular formula is C23H27ClN6O3. The summed E-state index contributed by atoms with van der Waals surface area (Å²) in [5.41, 5.74) is 1.77. The number of aliphatic hydroxyl groups is 1. The monoisotopic (exact) mass is 470 g/mol. The Morgan fingerprint density at radius 3 is 3.00 bits per heavy atom. The van der Waals surface area contributed by atoms with Crippen molar-refractivity contribution in [1.82, 2.24) is 24.8 Å². The largest absolute Gasteiger partial charge is 0.394 e. The SMILES string of the molecule is Cc1cnc(NC2CCOC(C)C2)nc1-n1cnc(C(=O)N[C@H](CO)c2cccc(Cl)c2)c1. The summed E-state index contributed by atoms with van der Waals surface area (Å²) in [6.45, 7) is 4.40. The van der Waals surface area contributed by atoms with Crippen molar-refractivity contribution < 1.29 is 14.6 Å². The lowest BCUT2D eigenvalue weighted by molar-refractivity contribution is 0.0231. The molecule has 3 heterocycles. The van der Waals surface area contributed by atoms with Crippen LogP contribution in [0.4, 0.5) is 5.95 Å². The first-order valence-electron chi connectivity index (χ1n) is 10.9. The number of halogens is 1. The number of benzene rings is 1. The molecule has 2 aromatic heterocycles. The van der Waals surface area contributed by atoms with Crippen LogP contribution in [0.15, 0.2) is 43.0 Å². The number of carbonyl (C=O) groups is 1. The summed E-state index contributed by atoms with van der Waals surface area (Å²) in [6.07, 6.45) is 6.88. The Kier molecular flexibility index (Phi) is 7.22. The number of carbonyl (C=O) groups excluding carboxylic acids is 1. The predicted octanol–water partition coefficient (Wildman–Crippen LogP) is 3.07. The first-order valence-corrected chi connectivity index (χ1v) is 11.2. The molecule has 3 N–H and O–H groups in total. The Hall–Kier alpha value is -3.01. The van der Waals surface area contributed by atoms with E-state index < -0.39 is 11.9 Å². The molecule has 1 saturated heterocycles. The van der Waals surface area contributed by atoms with Crippen LogP contribution in [0.5, 0.6) is 0 Å². The van der Waals surface area contributed by atoms with Crippen molar-refractivity contribution in [3.05, 3.63) is 64.8 Å². The molecule has 0 aliphatic carbocycles. The molecule has 2 unspecified atom stereocenters. The lowest BCUT2D eigenvalue weighted by Crippen LogP contribution is -2.33. The molecule has 174 valence electrons. The Bertz CT molecular complexity index is 1120. The molecule has 4 rings (SSSR count). The van der Waals surface area contributed by atoms with Crippen LogP contribution in [-0.2, 0) is 4.74 Å². The number of amides is 1. The van der Waals surface area contributed by atoms with E-state index in [1.165, 1.54) is 6.33 Å². The van der Waals surface area contributed by atoms with Gasteiger partial charge in [0.05, 0.1) is 18.8 Å². The van der Waals surface area contributed by atoms with E-state index >= 15 is 0 Å². The number of nitrogens with one attached hydrogen (secondary N) is 2. The zero-order valence-corrected chi connectivity index (χ0v) is 19.3. The van der Waals surface area contributed by atoms with Gasteiger partial charge in [0.25, 0.3) is 5.91 Å². The van der Waals surface area contributed by atoms with Crippen molar-refractivity contribution in [3.8, 4) is 5.82 Å². The summed E-state index contributed by atoms with van der Waals surface area (Å²) in [5.74, 6) is 0.748. The zero-order valence-electron chi connectivity index (χ0n) is 18.5. The number of nitrogens with zero attached hydrogens (tertiary/aromatic N) is 4. The van der Waals surface area contributed by atoms with Gasteiger partial charge in [0.15, 0.2) is 0 Å². The Morgan fingerprint density at radius 1 is 1.39 bits per heavy atom. The van der Waals surface area contributed by atoms with Gasteiger partial charge in [-0.05, 0) is 44.4 Å². The third kappa shape index (κ3) is 5.68. The summed E-state index contributed by atoms with van der Waals surface area (Å²) < 4.78 is 7.29. The van der Waals surface area contributed by atoms with Gasteiger partial charge in [0.1, 0.15) is 17.8 Å². The Morgan fingerprint density at radius 2 is 2.24 bits per heavy atom. The maximum atomic E-state index is 12.8. The molecule has 3 aromatic rings. The van der Waals surface area contributed by atoms with Crippen LogP contribution in [-0.4, -0.2) is 55.9 Å². The van der Waals surface area contributed by atoms with E-state index in [0.717, 1.165) is 18.4 Å². The number of hydrogen-bond donors (Lipinski definition) is 3. The Labute approximate surface area is 197 Å². The average Bonchev–Trinajstić information content (AvgIpc) is 3.29. The van der Waals surface area contributed by atoms with Gasteiger partial charge in [0, 0.05) is 35.6 Å². The van der Waals surface area contributed by atoms with E-state index in [0.29, 0.717) is 29.0 Å². The minimum atomic E-state index is -0.597. The van der Waals surface area contributed by atoms with Crippen molar-refractivity contribution >= 4 is 23.5 Å². The molecule has 33 heavy (non-hydrogen) atoms. The third-order valence-corrected chi connectivity index (χ3v) is 5.80. The van der Waals surface area contributed by atoms with Crippen LogP contribution in [0, 0.1) is 6.92 Å². The van der Waals surface area contributed by atoms with Gasteiger partial charge >= 0.3 is 0 Å². The summed E-state index contributed by atoms with van der Waals surface area (Å²) in [7, 11) is 0. The van der Waals surface area contributed by atoms with Crippen LogP contribution < -0.4 is 10.6 Å². The first kappa shape index (κ1) is 23.2. The van der Waals surface area contributed by atoms with Gasteiger partial charge in [-0.2, -0.15) is 4.98 Å². The fraction of sp³-hybridized carbons (Fsp3) is 0.391. The molecule has 0 spiro atoms. The topological polar surface area (TPSA) is 114 Å². The van der Waals surface area contributed by atoms with Gasteiger partial charge in [-0.1, -0.05) is 23.7 Å². The molecule has 0 radical (unpaired) electrons. The van der Waals surface area contributed by atoms with Gasteiger partial charge in [-0.15, -0.1) is 0 Å². The van der Waals surface area contributed by atoms with Crippen molar-refractivity contribution in [2.24, 2.45) is 0 Å². The standard InChI is InChI=1S/C23H27ClN6O3/c1-14-10-25-23(27-18-6-7-33-15(2)8-18)29-21(14)30-11-19(26-13-30)22(32)28-20(12-31)16-4-3-5-17(24)9-16/h3-5,9-11,13,15,18,20,31H,6-8,12H2,1-2H3,(H,28,32)(H,25,27,29)/t15?,18?,20-/m1/s1. The van der Waals surface area contributed by atoms with E-state index in [1.54, 1.807) is 41.2 Å². The third-order valence-electron chi connectivity index (χ3n) is 5.56. The zero-order chi connectivity index (χ0) is 23.4. The summed E-state index contributed by atoms with van der Waals surface area (Å²) in [6, 6.07) is 6.66. The van der Waals surface area contributed by atoms with E-state index in [1.807, 2.05) is 6.92 Å². The highest BCUT2D eigenvalue weighted by Crippen LogP contribution is 2.20. The first-order chi connectivity index (χ1) is 15.9. The summed E-state index contributed by atoms with van der Waals surface area (Å²) >= 11 is 6.03. The fourth-order valence-electron chi connectivity index (χ4n) is 3.82. The van der Waals surface area contributed by atoms with Crippen molar-refractivity contribution in [2.75, 3.05) is 18.5 Å². The van der Waals surface area contributed by atoms with Crippen LogP contribution >= 0.6 is 11.6 Å². The second-order valence-corrected chi connectivity index (χ2v) is 8.61. The van der Waals surface area contributed by atoms with Crippen LogP contribution in [0.25, 0.3) is 5.82 Å². The number of aryl methyl sites for hydroxylation is 1. The molecule has 9 nitrogen and oxygen atoms in total. The van der Waals surface area contributed by atoms with Gasteiger partial charge in [-0.3, -0.25) is 9.36 Å². The Balaban J connectivity index is 1.48. The molecule has 3 atom stereocenters. The molecule has 0 bridgehead atoms. The van der Waals surface area contributed by atoms with E-state index in [-0.39, 0.29) is 24.4 Å². The highest BCUT2D eigenvalue weighted by Gasteiger charge is 2.21. The van der Waals surface area contributed by atoms with Crippen LogP contribution in [0.2, 0.25) is 5.02 Å². The second kappa shape index (κ2) is 10.3. The van der Waals surface area contributed by atoms with Crippen molar-refractivity contribution in [2.45, 2.75) is 44.9 Å². The average molecular weight is 471 g/mol. The molecule has 1 amide bonds. The highest BCUT2D eigenvalue weighted by molar-refractivity contribution is 6.30. The van der Waals surface area contributed by atoms with Crippen molar-refractivity contribution in [1.29, 1.82) is 0 Å². The maximum absolute atomic E-state index is 12.8. The maximum Gasteiger partial charge on any atom is 0.272 e. The number of rotatable bonds is 7. The van der Waals surface area contributed by atoms with E-state index in [9.17, 15) is 9.90 Å².